The van der Waals surface area contributed by atoms with Gasteiger partial charge >= 0.3 is 0 Å². The number of hydrogen-bond acceptors (Lipinski definition) is 9. The number of nitrogens with zero attached hydrogens (tertiary/aromatic N) is 4. The van der Waals surface area contributed by atoms with Crippen LogP contribution in [0.2, 0.25) is 0 Å². The average molecular weight is 560 g/mol. The number of thioether (sulfide) groups is 1. The van der Waals surface area contributed by atoms with Gasteiger partial charge in [0.1, 0.15) is 11.7 Å². The molecule has 1 heterocycles. The molecule has 1 aromatic heterocycles. The average Bonchev–Trinajstić information content (AvgIpc) is 3.36. The largest absolute Gasteiger partial charge is 0.408 e. The lowest BCUT2D eigenvalue weighted by Crippen LogP contribution is -2.65. The third-order valence-corrected chi connectivity index (χ3v) is 7.69. The summed E-state index contributed by atoms with van der Waals surface area (Å²) in [7, 11) is 3.43. The number of ketones is 1. The van der Waals surface area contributed by atoms with Crippen LogP contribution in [0.25, 0.3) is 0 Å². The summed E-state index contributed by atoms with van der Waals surface area (Å²) >= 11 is 1.37. The van der Waals surface area contributed by atoms with Crippen molar-refractivity contribution in [3.63, 3.8) is 0 Å². The summed E-state index contributed by atoms with van der Waals surface area (Å²) in [6, 6.07) is 6.43. The Balaban J connectivity index is 1.90. The van der Waals surface area contributed by atoms with E-state index in [0.29, 0.717) is 43.0 Å². The third kappa shape index (κ3) is 8.12. The van der Waals surface area contributed by atoms with Crippen LogP contribution in [0.15, 0.2) is 33.9 Å². The highest BCUT2D eigenvalue weighted by atomic mass is 32.2. The lowest BCUT2D eigenvalue weighted by Gasteiger charge is -2.48. The SMILES string of the molecule is CON(C)Cc1ccc(C(=O)NC2(N(C=O)C(CC(C)C)C(=O)c3nnc(SC(C)C)o3)CCCCC2)cc1. The molecule has 2 aromatic rings. The summed E-state index contributed by atoms with van der Waals surface area (Å²) in [6.45, 7) is 8.55. The van der Waals surface area contributed by atoms with E-state index in [1.54, 1.807) is 24.3 Å². The molecule has 1 saturated carbocycles. The first-order valence-corrected chi connectivity index (χ1v) is 14.4. The number of Topliss-reactive ketones (excluding diaryl/α,β-unsaturated/α-hetero) is 1. The number of hydrogen-bond donors (Lipinski definition) is 1. The van der Waals surface area contributed by atoms with Gasteiger partial charge in [-0.1, -0.05) is 58.0 Å². The Hall–Kier alpha value is -2.76. The molecule has 0 aliphatic heterocycles. The molecule has 2 amide bonds. The Morgan fingerprint density at radius 2 is 1.79 bits per heavy atom. The lowest BCUT2D eigenvalue weighted by atomic mass is 9.84. The highest BCUT2D eigenvalue weighted by Crippen LogP contribution is 2.35. The summed E-state index contributed by atoms with van der Waals surface area (Å²) in [5.74, 6) is -0.725. The number of carbonyl (C=O) groups is 3. The van der Waals surface area contributed by atoms with Crippen LogP contribution < -0.4 is 5.32 Å². The Morgan fingerprint density at radius 3 is 2.36 bits per heavy atom. The second-order valence-corrected chi connectivity index (χ2v) is 12.3. The number of carbonyl (C=O) groups excluding carboxylic acids is 3. The van der Waals surface area contributed by atoms with E-state index in [1.807, 2.05) is 46.9 Å². The van der Waals surface area contributed by atoms with Crippen LogP contribution in [-0.2, 0) is 16.2 Å². The Bertz CT molecular complexity index is 1100. The second-order valence-electron chi connectivity index (χ2n) is 10.8. The number of amides is 2. The highest BCUT2D eigenvalue weighted by Gasteiger charge is 2.45. The van der Waals surface area contributed by atoms with E-state index in [0.717, 1.165) is 24.8 Å². The standard InChI is InChI=1S/C28H41N5O5S/c1-19(2)16-23(24(35)26-30-31-27(38-26)39-20(3)4)33(18-34)28(14-8-7-9-15-28)29-25(36)22-12-10-21(11-13-22)17-32(5)37-6/h10-13,18-20,23H,7-9,14-17H2,1-6H3,(H,29,36). The van der Waals surface area contributed by atoms with Gasteiger partial charge in [0.05, 0.1) is 7.11 Å². The van der Waals surface area contributed by atoms with Crippen molar-refractivity contribution < 1.29 is 23.6 Å². The number of benzene rings is 1. The molecular weight excluding hydrogens is 518 g/mol. The zero-order valence-electron chi connectivity index (χ0n) is 23.8. The molecule has 1 unspecified atom stereocenters. The Morgan fingerprint density at radius 1 is 1.13 bits per heavy atom. The first-order valence-electron chi connectivity index (χ1n) is 13.5. The molecule has 1 N–H and O–H groups in total. The minimum absolute atomic E-state index is 0.1000. The molecule has 0 radical (unpaired) electrons. The van der Waals surface area contributed by atoms with Crippen molar-refractivity contribution in [2.75, 3.05) is 14.2 Å². The smallest absolute Gasteiger partial charge is 0.286 e. The molecule has 214 valence electrons. The summed E-state index contributed by atoms with van der Waals surface area (Å²) in [4.78, 5) is 46.7. The lowest BCUT2D eigenvalue weighted by molar-refractivity contribution is -0.129. The van der Waals surface area contributed by atoms with Crippen molar-refractivity contribution in [2.45, 2.75) is 94.9 Å². The Labute approximate surface area is 235 Å². The zero-order chi connectivity index (χ0) is 28.6. The molecule has 3 rings (SSSR count). The molecule has 1 fully saturated rings. The molecule has 0 saturated heterocycles. The maximum Gasteiger partial charge on any atom is 0.286 e. The minimum atomic E-state index is -1.00. The van der Waals surface area contributed by atoms with Gasteiger partial charge in [-0.3, -0.25) is 14.4 Å². The van der Waals surface area contributed by atoms with E-state index in [-0.39, 0.29) is 23.0 Å². The van der Waals surface area contributed by atoms with Crippen molar-refractivity contribution in [1.82, 2.24) is 25.5 Å². The predicted octanol–water partition coefficient (Wildman–Crippen LogP) is 4.71. The molecule has 11 heteroatoms. The van der Waals surface area contributed by atoms with Gasteiger partial charge in [-0.15, -0.1) is 10.2 Å². The van der Waals surface area contributed by atoms with Gasteiger partial charge < -0.3 is 19.5 Å². The summed E-state index contributed by atoms with van der Waals surface area (Å²) < 4.78 is 5.68. The molecule has 39 heavy (non-hydrogen) atoms. The summed E-state index contributed by atoms with van der Waals surface area (Å²) in [5.41, 5.74) is 0.472. The fraction of sp³-hybridized carbons (Fsp3) is 0.607. The third-order valence-electron chi connectivity index (χ3n) is 6.85. The number of hydroxylamine groups is 2. The van der Waals surface area contributed by atoms with E-state index in [4.69, 9.17) is 9.25 Å². The van der Waals surface area contributed by atoms with Crippen molar-refractivity contribution in [3.8, 4) is 0 Å². The summed E-state index contributed by atoms with van der Waals surface area (Å²) in [6.07, 6.45) is 4.83. The van der Waals surface area contributed by atoms with Gasteiger partial charge in [-0.25, -0.2) is 0 Å². The molecule has 1 atom stereocenters. The van der Waals surface area contributed by atoms with Crippen LogP contribution in [0.1, 0.15) is 92.8 Å². The molecule has 1 aliphatic rings. The van der Waals surface area contributed by atoms with Crippen LogP contribution in [0.3, 0.4) is 0 Å². The van der Waals surface area contributed by atoms with Crippen LogP contribution in [-0.4, -0.2) is 69.4 Å². The first kappa shape index (κ1) is 30.8. The van der Waals surface area contributed by atoms with Crippen LogP contribution in [0.5, 0.6) is 0 Å². The first-order chi connectivity index (χ1) is 18.6. The Kier molecular flexibility index (Phi) is 11.1. The van der Waals surface area contributed by atoms with Crippen molar-refractivity contribution in [1.29, 1.82) is 0 Å². The van der Waals surface area contributed by atoms with E-state index in [2.05, 4.69) is 15.5 Å². The van der Waals surface area contributed by atoms with Crippen LogP contribution in [0.4, 0.5) is 0 Å². The summed E-state index contributed by atoms with van der Waals surface area (Å²) in [5, 5.41) is 13.4. The van der Waals surface area contributed by atoms with E-state index in [1.165, 1.54) is 16.7 Å². The quantitative estimate of drug-likeness (QED) is 0.115. The molecular formula is C28H41N5O5S. The van der Waals surface area contributed by atoms with Gasteiger partial charge in [0, 0.05) is 24.4 Å². The van der Waals surface area contributed by atoms with Gasteiger partial charge in [0.15, 0.2) is 0 Å². The van der Waals surface area contributed by atoms with Gasteiger partial charge in [-0.05, 0) is 55.7 Å². The minimum Gasteiger partial charge on any atom is -0.408 e. The van der Waals surface area contributed by atoms with Crippen LogP contribution >= 0.6 is 11.8 Å². The van der Waals surface area contributed by atoms with E-state index >= 15 is 0 Å². The van der Waals surface area contributed by atoms with Crippen molar-refractivity contribution in [2.24, 2.45) is 5.92 Å². The number of aromatic nitrogens is 2. The molecule has 0 spiro atoms. The monoisotopic (exact) mass is 559 g/mol. The molecule has 10 nitrogen and oxygen atoms in total. The van der Waals surface area contributed by atoms with E-state index in [9.17, 15) is 14.4 Å². The topological polar surface area (TPSA) is 118 Å². The zero-order valence-corrected chi connectivity index (χ0v) is 24.6. The molecule has 0 bridgehead atoms. The van der Waals surface area contributed by atoms with Gasteiger partial charge in [0.2, 0.25) is 12.2 Å². The molecule has 1 aliphatic carbocycles. The van der Waals surface area contributed by atoms with Crippen molar-refractivity contribution in [3.05, 3.63) is 41.3 Å². The number of nitrogens with one attached hydrogen (secondary N) is 1. The van der Waals surface area contributed by atoms with Crippen LogP contribution in [0, 0.1) is 5.92 Å². The fourth-order valence-electron chi connectivity index (χ4n) is 4.92. The molecule has 1 aromatic carbocycles. The highest BCUT2D eigenvalue weighted by molar-refractivity contribution is 7.99. The van der Waals surface area contributed by atoms with Crippen molar-refractivity contribution >= 4 is 29.9 Å². The maximum absolute atomic E-state index is 13.7. The second kappa shape index (κ2) is 14.0. The predicted molar refractivity (Wildman–Crippen MR) is 149 cm³/mol. The fourth-order valence-corrected chi connectivity index (χ4v) is 5.54. The number of rotatable bonds is 14. The van der Waals surface area contributed by atoms with E-state index < -0.39 is 17.5 Å². The van der Waals surface area contributed by atoms with Gasteiger partial charge in [-0.2, -0.15) is 5.06 Å². The van der Waals surface area contributed by atoms with Gasteiger partial charge in [0.25, 0.3) is 17.0 Å². The maximum atomic E-state index is 13.7. The normalized spacial score (nSPS) is 15.9.